The summed E-state index contributed by atoms with van der Waals surface area (Å²) in [5.41, 5.74) is 5.20. The second kappa shape index (κ2) is 7.74. The molecule has 1 heterocycles. The molecular weight excluding hydrogens is 336 g/mol. The maximum absolute atomic E-state index is 12.7. The number of benzene rings is 1. The fourth-order valence-corrected chi connectivity index (χ4v) is 2.61. The van der Waals surface area contributed by atoms with E-state index in [0.717, 1.165) is 0 Å². The van der Waals surface area contributed by atoms with Crippen molar-refractivity contribution in [1.29, 1.82) is 0 Å². The minimum absolute atomic E-state index is 0.0856. The van der Waals surface area contributed by atoms with Crippen molar-refractivity contribution in [1.82, 2.24) is 14.9 Å². The summed E-state index contributed by atoms with van der Waals surface area (Å²) in [6.07, 6.45) is 0. The van der Waals surface area contributed by atoms with Gasteiger partial charge in [-0.1, -0.05) is 0 Å². The first-order valence-corrected chi connectivity index (χ1v) is 8.41. The average molecular weight is 362 g/mol. The van der Waals surface area contributed by atoms with E-state index in [2.05, 4.69) is 9.97 Å². The van der Waals surface area contributed by atoms with E-state index in [1.54, 1.807) is 30.9 Å². The molecule has 0 aliphatic rings. The molecule has 1 aromatic carbocycles. The highest BCUT2D eigenvalue weighted by atomic mass is 16.5. The summed E-state index contributed by atoms with van der Waals surface area (Å²) in [4.78, 5) is 33.9. The lowest BCUT2D eigenvalue weighted by atomic mass is 9.92. The van der Waals surface area contributed by atoms with Gasteiger partial charge in [-0.2, -0.15) is 0 Å². The van der Waals surface area contributed by atoms with E-state index in [4.69, 9.17) is 15.2 Å². The van der Waals surface area contributed by atoms with Crippen LogP contribution in [0.3, 0.4) is 0 Å². The monoisotopic (exact) mass is 362 g/mol. The number of nitrogens with two attached hydrogens (primary N) is 1. The number of methoxy groups -OCH3 is 2. The summed E-state index contributed by atoms with van der Waals surface area (Å²) in [5, 5.41) is 0.392. The molecule has 1 amide bonds. The Bertz CT molecular complexity index is 860. The van der Waals surface area contributed by atoms with Crippen molar-refractivity contribution in [3.8, 4) is 11.5 Å². The van der Waals surface area contributed by atoms with Gasteiger partial charge < -0.3 is 25.1 Å². The van der Waals surface area contributed by atoms with Crippen molar-refractivity contribution in [2.45, 2.75) is 27.3 Å². The molecule has 8 nitrogen and oxygen atoms in total. The third kappa shape index (κ3) is 3.80. The van der Waals surface area contributed by atoms with Crippen LogP contribution in [0.5, 0.6) is 11.5 Å². The third-order valence-electron chi connectivity index (χ3n) is 4.36. The summed E-state index contributed by atoms with van der Waals surface area (Å²) in [6, 6.07) is 3.24. The highest BCUT2D eigenvalue weighted by Gasteiger charge is 2.30. The predicted octanol–water partition coefficient (Wildman–Crippen LogP) is 1.27. The van der Waals surface area contributed by atoms with E-state index in [-0.39, 0.29) is 24.6 Å². The number of rotatable bonds is 7. The van der Waals surface area contributed by atoms with Crippen LogP contribution in [-0.4, -0.2) is 48.1 Å². The predicted molar refractivity (Wildman–Crippen MR) is 99.4 cm³/mol. The molecule has 0 aliphatic heterocycles. The average Bonchev–Trinajstić information content (AvgIpc) is 2.64. The van der Waals surface area contributed by atoms with Gasteiger partial charge in [0, 0.05) is 19.2 Å². The number of aromatic amines is 1. The van der Waals surface area contributed by atoms with Gasteiger partial charge in [-0.3, -0.25) is 9.59 Å². The zero-order valence-electron chi connectivity index (χ0n) is 15.9. The van der Waals surface area contributed by atoms with Crippen molar-refractivity contribution < 1.29 is 14.3 Å². The van der Waals surface area contributed by atoms with Crippen LogP contribution in [-0.2, 0) is 11.3 Å². The Morgan fingerprint density at radius 3 is 2.42 bits per heavy atom. The van der Waals surface area contributed by atoms with Crippen LogP contribution in [0.1, 0.15) is 26.6 Å². The number of fused-ring (bicyclic) bond motifs is 1. The Balaban J connectivity index is 2.44. The molecule has 3 N–H and O–H groups in total. The molecule has 0 radical (unpaired) electrons. The van der Waals surface area contributed by atoms with Crippen LogP contribution in [0.15, 0.2) is 16.9 Å². The Kier molecular flexibility index (Phi) is 5.86. The summed E-state index contributed by atoms with van der Waals surface area (Å²) in [7, 11) is 3.02. The second-order valence-corrected chi connectivity index (χ2v) is 6.64. The number of carbonyl (C=O) groups is 1. The Morgan fingerprint density at radius 1 is 1.27 bits per heavy atom. The van der Waals surface area contributed by atoms with Crippen LogP contribution in [0, 0.1) is 5.41 Å². The standard InChI is InChI=1S/C18H26N4O4/c1-6-22(17(24)18(2,3)10-19)9-15-20-12-8-14(26-5)13(25-4)7-11(12)16(23)21-15/h7-8H,6,9-10,19H2,1-5H3,(H,20,21,23). The molecule has 0 atom stereocenters. The first kappa shape index (κ1) is 19.7. The molecule has 0 saturated heterocycles. The fraction of sp³-hybridized carbons (Fsp3) is 0.500. The number of aromatic nitrogens is 2. The number of ether oxygens (including phenoxy) is 2. The molecule has 0 unspecified atom stereocenters. The van der Waals surface area contributed by atoms with Gasteiger partial charge in [-0.15, -0.1) is 0 Å². The van der Waals surface area contributed by atoms with Gasteiger partial charge in [-0.25, -0.2) is 4.98 Å². The first-order valence-electron chi connectivity index (χ1n) is 8.41. The van der Waals surface area contributed by atoms with E-state index >= 15 is 0 Å². The van der Waals surface area contributed by atoms with E-state index < -0.39 is 5.41 Å². The number of carbonyl (C=O) groups excluding carboxylic acids is 1. The molecule has 142 valence electrons. The van der Waals surface area contributed by atoms with E-state index in [1.807, 2.05) is 6.92 Å². The highest BCUT2D eigenvalue weighted by Crippen LogP contribution is 2.30. The SMILES string of the molecule is CCN(Cc1nc2cc(OC)c(OC)cc2c(=O)[nH]1)C(=O)C(C)(C)CN. The molecule has 8 heteroatoms. The molecule has 2 aromatic rings. The minimum atomic E-state index is -0.677. The second-order valence-electron chi connectivity index (χ2n) is 6.64. The van der Waals surface area contributed by atoms with Crippen LogP contribution >= 0.6 is 0 Å². The summed E-state index contributed by atoms with van der Waals surface area (Å²) in [5.74, 6) is 1.25. The molecule has 0 saturated carbocycles. The zero-order valence-corrected chi connectivity index (χ0v) is 15.9. The number of hydrogen-bond donors (Lipinski definition) is 2. The van der Waals surface area contributed by atoms with Gasteiger partial charge in [0.1, 0.15) is 5.82 Å². The van der Waals surface area contributed by atoms with Crippen molar-refractivity contribution in [3.05, 3.63) is 28.3 Å². The topological polar surface area (TPSA) is 111 Å². The smallest absolute Gasteiger partial charge is 0.258 e. The van der Waals surface area contributed by atoms with Crippen LogP contribution < -0.4 is 20.8 Å². The Morgan fingerprint density at radius 2 is 1.88 bits per heavy atom. The van der Waals surface area contributed by atoms with E-state index in [1.165, 1.54) is 14.2 Å². The maximum atomic E-state index is 12.7. The largest absolute Gasteiger partial charge is 0.493 e. The van der Waals surface area contributed by atoms with E-state index in [0.29, 0.717) is 34.8 Å². The van der Waals surface area contributed by atoms with Crippen LogP contribution in [0.4, 0.5) is 0 Å². The van der Waals surface area contributed by atoms with Gasteiger partial charge in [0.05, 0.1) is 37.1 Å². The number of hydrogen-bond acceptors (Lipinski definition) is 6. The molecule has 0 spiro atoms. The van der Waals surface area contributed by atoms with Crippen molar-refractivity contribution in [2.75, 3.05) is 27.3 Å². The minimum Gasteiger partial charge on any atom is -0.493 e. The zero-order chi connectivity index (χ0) is 19.5. The van der Waals surface area contributed by atoms with Crippen molar-refractivity contribution in [2.24, 2.45) is 11.1 Å². The maximum Gasteiger partial charge on any atom is 0.258 e. The van der Waals surface area contributed by atoms with Crippen LogP contribution in [0.2, 0.25) is 0 Å². The molecular formula is C18H26N4O4. The molecule has 0 fully saturated rings. The third-order valence-corrected chi connectivity index (χ3v) is 4.36. The first-order chi connectivity index (χ1) is 12.3. The van der Waals surface area contributed by atoms with Gasteiger partial charge in [0.2, 0.25) is 5.91 Å². The number of nitrogens with zero attached hydrogens (tertiary/aromatic N) is 2. The summed E-state index contributed by atoms with van der Waals surface area (Å²) < 4.78 is 10.5. The summed E-state index contributed by atoms with van der Waals surface area (Å²) >= 11 is 0. The number of H-pyrrole nitrogens is 1. The van der Waals surface area contributed by atoms with Crippen LogP contribution in [0.25, 0.3) is 10.9 Å². The lowest BCUT2D eigenvalue weighted by Gasteiger charge is -2.30. The Labute approximate surface area is 152 Å². The number of nitrogens with one attached hydrogen (secondary N) is 1. The van der Waals surface area contributed by atoms with Gasteiger partial charge >= 0.3 is 0 Å². The molecule has 0 aliphatic carbocycles. The molecule has 26 heavy (non-hydrogen) atoms. The lowest BCUT2D eigenvalue weighted by Crippen LogP contribution is -2.44. The molecule has 0 bridgehead atoms. The fourth-order valence-electron chi connectivity index (χ4n) is 2.61. The highest BCUT2D eigenvalue weighted by molar-refractivity contribution is 5.83. The summed E-state index contributed by atoms with van der Waals surface area (Å²) in [6.45, 7) is 6.38. The molecule has 2 rings (SSSR count). The Hall–Kier alpha value is -2.61. The van der Waals surface area contributed by atoms with Gasteiger partial charge in [-0.05, 0) is 26.8 Å². The van der Waals surface area contributed by atoms with Crippen molar-refractivity contribution in [3.63, 3.8) is 0 Å². The quantitative estimate of drug-likeness (QED) is 0.767. The normalized spacial score (nSPS) is 11.5. The van der Waals surface area contributed by atoms with Crippen molar-refractivity contribution >= 4 is 16.8 Å². The van der Waals surface area contributed by atoms with Gasteiger partial charge in [0.25, 0.3) is 5.56 Å². The van der Waals surface area contributed by atoms with Gasteiger partial charge in [0.15, 0.2) is 11.5 Å². The molecule has 1 aromatic heterocycles. The lowest BCUT2D eigenvalue weighted by molar-refractivity contribution is -0.140. The number of amides is 1. The van der Waals surface area contributed by atoms with E-state index in [9.17, 15) is 9.59 Å².